The van der Waals surface area contributed by atoms with E-state index in [1.807, 2.05) is 13.8 Å². The van der Waals surface area contributed by atoms with Crippen molar-refractivity contribution in [1.29, 1.82) is 0 Å². The maximum absolute atomic E-state index is 13.1. The van der Waals surface area contributed by atoms with Gasteiger partial charge in [0.2, 0.25) is 0 Å². The van der Waals surface area contributed by atoms with Gasteiger partial charge in [0.25, 0.3) is 11.8 Å². The number of hydrogen-bond donors (Lipinski definition) is 0. The Morgan fingerprint density at radius 2 is 1.63 bits per heavy atom. The van der Waals surface area contributed by atoms with Crippen LogP contribution in [-0.2, 0) is 16.1 Å². The molecule has 0 radical (unpaired) electrons. The molecule has 2 aromatic rings. The topological polar surface area (TPSA) is 46.6 Å². The standard InChI is InChI=1S/C21H20FNO3S/c1-3-26-17-11-7-15(8-12-17)18-19(27-4-2)21(25)23(20(18)24)13-14-5-9-16(22)10-6-14/h5-12H,3-4,13H2,1-2H3. The Morgan fingerprint density at radius 3 is 2.22 bits per heavy atom. The first-order valence-corrected chi connectivity index (χ1v) is 9.74. The molecule has 0 aliphatic carbocycles. The summed E-state index contributed by atoms with van der Waals surface area (Å²) in [6, 6.07) is 13.0. The summed E-state index contributed by atoms with van der Waals surface area (Å²) in [5.74, 6) is 0.406. The van der Waals surface area contributed by atoms with Gasteiger partial charge in [-0.3, -0.25) is 14.5 Å². The second-order valence-corrected chi connectivity index (χ2v) is 7.19. The van der Waals surface area contributed by atoms with Crippen molar-refractivity contribution in [2.75, 3.05) is 12.4 Å². The van der Waals surface area contributed by atoms with Crippen LogP contribution in [0.2, 0.25) is 0 Å². The minimum Gasteiger partial charge on any atom is -0.494 e. The van der Waals surface area contributed by atoms with Crippen LogP contribution in [0.4, 0.5) is 4.39 Å². The van der Waals surface area contributed by atoms with Crippen LogP contribution in [0.25, 0.3) is 5.57 Å². The second-order valence-electron chi connectivity index (χ2n) is 5.92. The predicted octanol–water partition coefficient (Wildman–Crippen LogP) is 4.26. The molecule has 0 aromatic heterocycles. The van der Waals surface area contributed by atoms with Gasteiger partial charge in [-0.05, 0) is 48.1 Å². The SMILES string of the molecule is CCOc1ccc(C2=C(SCC)C(=O)N(Cc3ccc(F)cc3)C2=O)cc1. The Labute approximate surface area is 162 Å². The van der Waals surface area contributed by atoms with Crippen molar-refractivity contribution in [2.45, 2.75) is 20.4 Å². The minimum atomic E-state index is -0.353. The highest BCUT2D eigenvalue weighted by atomic mass is 32.2. The summed E-state index contributed by atoms with van der Waals surface area (Å²) in [5.41, 5.74) is 1.80. The molecule has 1 aliphatic rings. The van der Waals surface area contributed by atoms with Gasteiger partial charge in [0.1, 0.15) is 11.6 Å². The first-order chi connectivity index (χ1) is 13.0. The number of imide groups is 1. The van der Waals surface area contributed by atoms with Crippen LogP contribution < -0.4 is 4.74 Å². The monoisotopic (exact) mass is 385 g/mol. The summed E-state index contributed by atoms with van der Waals surface area (Å²) in [4.78, 5) is 27.5. The van der Waals surface area contributed by atoms with Gasteiger partial charge in [-0.25, -0.2) is 4.39 Å². The number of halogens is 1. The van der Waals surface area contributed by atoms with Crippen molar-refractivity contribution >= 4 is 29.1 Å². The molecule has 0 atom stereocenters. The highest BCUT2D eigenvalue weighted by Gasteiger charge is 2.38. The van der Waals surface area contributed by atoms with E-state index in [1.165, 1.54) is 28.8 Å². The van der Waals surface area contributed by atoms with Gasteiger partial charge in [0.15, 0.2) is 0 Å². The molecule has 6 heteroatoms. The van der Waals surface area contributed by atoms with Gasteiger partial charge in [0.05, 0.1) is 23.6 Å². The van der Waals surface area contributed by atoms with E-state index in [9.17, 15) is 14.0 Å². The van der Waals surface area contributed by atoms with Gasteiger partial charge >= 0.3 is 0 Å². The van der Waals surface area contributed by atoms with Crippen LogP contribution in [0.1, 0.15) is 25.0 Å². The molecule has 0 unspecified atom stereocenters. The van der Waals surface area contributed by atoms with E-state index < -0.39 is 0 Å². The zero-order valence-corrected chi connectivity index (χ0v) is 16.0. The molecule has 0 saturated carbocycles. The van der Waals surface area contributed by atoms with Crippen molar-refractivity contribution in [1.82, 2.24) is 4.90 Å². The molecule has 1 aliphatic heterocycles. The van der Waals surface area contributed by atoms with Crippen molar-refractivity contribution in [3.8, 4) is 5.75 Å². The zero-order chi connectivity index (χ0) is 19.4. The van der Waals surface area contributed by atoms with Gasteiger partial charge in [0, 0.05) is 0 Å². The Kier molecular flexibility index (Phi) is 5.96. The van der Waals surface area contributed by atoms with Crippen molar-refractivity contribution in [3.05, 3.63) is 70.4 Å². The fraction of sp³-hybridized carbons (Fsp3) is 0.238. The fourth-order valence-electron chi connectivity index (χ4n) is 2.89. The van der Waals surface area contributed by atoms with Crippen LogP contribution in [0.5, 0.6) is 5.75 Å². The summed E-state index contributed by atoms with van der Waals surface area (Å²) in [7, 11) is 0. The number of amides is 2. The Morgan fingerprint density at radius 1 is 0.963 bits per heavy atom. The molecule has 0 spiro atoms. The predicted molar refractivity (Wildman–Crippen MR) is 105 cm³/mol. The molecular formula is C21H20FNO3S. The number of rotatable bonds is 7. The van der Waals surface area contributed by atoms with E-state index in [4.69, 9.17) is 4.74 Å². The van der Waals surface area contributed by atoms with Gasteiger partial charge in [-0.2, -0.15) is 0 Å². The molecule has 140 valence electrons. The Hall–Kier alpha value is -2.60. The van der Waals surface area contributed by atoms with Crippen molar-refractivity contribution < 1.29 is 18.7 Å². The van der Waals surface area contributed by atoms with Crippen LogP contribution >= 0.6 is 11.8 Å². The van der Waals surface area contributed by atoms with Crippen LogP contribution in [0, 0.1) is 5.82 Å². The normalized spacial score (nSPS) is 14.3. The van der Waals surface area contributed by atoms with Crippen molar-refractivity contribution in [2.24, 2.45) is 0 Å². The third-order valence-electron chi connectivity index (χ3n) is 4.12. The first kappa shape index (κ1) is 19.2. The quantitative estimate of drug-likeness (QED) is 0.668. The van der Waals surface area contributed by atoms with Gasteiger partial charge in [-0.1, -0.05) is 31.2 Å². The summed E-state index contributed by atoms with van der Waals surface area (Å²) < 4.78 is 18.6. The second kappa shape index (κ2) is 8.39. The fourth-order valence-corrected chi connectivity index (χ4v) is 3.76. The smallest absolute Gasteiger partial charge is 0.268 e. The zero-order valence-electron chi connectivity index (χ0n) is 15.2. The number of hydrogen-bond acceptors (Lipinski definition) is 4. The van der Waals surface area contributed by atoms with Gasteiger partial charge < -0.3 is 4.74 Å². The molecular weight excluding hydrogens is 365 g/mol. The number of ether oxygens (including phenoxy) is 1. The maximum Gasteiger partial charge on any atom is 0.268 e. The maximum atomic E-state index is 13.1. The lowest BCUT2D eigenvalue weighted by atomic mass is 10.1. The highest BCUT2D eigenvalue weighted by Crippen LogP contribution is 2.37. The first-order valence-electron chi connectivity index (χ1n) is 8.76. The number of nitrogens with zero attached hydrogens (tertiary/aromatic N) is 1. The summed E-state index contributed by atoms with van der Waals surface area (Å²) >= 11 is 1.36. The lowest BCUT2D eigenvalue weighted by molar-refractivity contribution is -0.137. The van der Waals surface area contributed by atoms with E-state index in [-0.39, 0.29) is 24.2 Å². The van der Waals surface area contributed by atoms with E-state index in [2.05, 4.69) is 0 Å². The number of benzene rings is 2. The molecule has 0 saturated heterocycles. The molecule has 3 rings (SSSR count). The Balaban J connectivity index is 1.91. The summed E-state index contributed by atoms with van der Waals surface area (Å²) in [6.45, 7) is 4.51. The lowest BCUT2D eigenvalue weighted by Crippen LogP contribution is -2.30. The summed E-state index contributed by atoms with van der Waals surface area (Å²) in [6.07, 6.45) is 0. The van der Waals surface area contributed by atoms with E-state index in [0.717, 1.165) is 0 Å². The molecule has 4 nitrogen and oxygen atoms in total. The lowest BCUT2D eigenvalue weighted by Gasteiger charge is -2.15. The largest absolute Gasteiger partial charge is 0.494 e. The van der Waals surface area contributed by atoms with E-state index in [1.54, 1.807) is 36.4 Å². The average molecular weight is 385 g/mol. The molecule has 2 amide bonds. The van der Waals surface area contributed by atoms with Gasteiger partial charge in [-0.15, -0.1) is 11.8 Å². The van der Waals surface area contributed by atoms with E-state index in [0.29, 0.717) is 39.7 Å². The molecule has 0 fully saturated rings. The third-order valence-corrected chi connectivity index (χ3v) is 5.08. The summed E-state index contributed by atoms with van der Waals surface area (Å²) in [5, 5.41) is 0. The number of carbonyl (C=O) groups is 2. The Bertz CT molecular complexity index is 875. The molecule has 0 N–H and O–H groups in total. The third kappa shape index (κ3) is 4.06. The van der Waals surface area contributed by atoms with Crippen LogP contribution in [0.3, 0.4) is 0 Å². The van der Waals surface area contributed by atoms with Crippen LogP contribution in [0.15, 0.2) is 53.4 Å². The van der Waals surface area contributed by atoms with E-state index >= 15 is 0 Å². The highest BCUT2D eigenvalue weighted by molar-refractivity contribution is 8.04. The molecule has 27 heavy (non-hydrogen) atoms. The molecule has 1 heterocycles. The van der Waals surface area contributed by atoms with Crippen LogP contribution in [-0.4, -0.2) is 29.1 Å². The minimum absolute atomic E-state index is 0.117. The average Bonchev–Trinajstić information content (AvgIpc) is 2.89. The number of thioether (sulfide) groups is 1. The molecule has 0 bridgehead atoms. The van der Waals surface area contributed by atoms with Crippen molar-refractivity contribution in [3.63, 3.8) is 0 Å². The number of carbonyl (C=O) groups excluding carboxylic acids is 2. The molecule has 2 aromatic carbocycles.